The summed E-state index contributed by atoms with van der Waals surface area (Å²) in [6.07, 6.45) is -0.463. The van der Waals surface area contributed by atoms with Crippen LogP contribution in [0.4, 0.5) is 4.39 Å². The molecule has 0 aromatic heterocycles. The first-order valence-corrected chi connectivity index (χ1v) is 5.00. The molecule has 0 bridgehead atoms. The average molecular weight is 211 g/mol. The first kappa shape index (κ1) is 10.5. The molecule has 3 N–H and O–H groups in total. The number of hydrogen-bond donors (Lipinski definition) is 2. The zero-order valence-corrected chi connectivity index (χ0v) is 8.32. The van der Waals surface area contributed by atoms with E-state index < -0.39 is 12.2 Å². The molecule has 1 aromatic rings. The SMILES string of the molecule is NC[C@H](O)C1OCCc2cc(F)ccc21. The standard InChI is InChI=1S/C11H14FNO2/c12-8-1-2-9-7(5-8)3-4-15-11(9)10(14)6-13/h1-2,5,10-11,14H,3-4,6,13H2/t10-,11?/m0/s1. The van der Waals surface area contributed by atoms with Gasteiger partial charge in [-0.3, -0.25) is 0 Å². The molecule has 0 spiro atoms. The van der Waals surface area contributed by atoms with E-state index in [0.717, 1.165) is 11.1 Å². The predicted octanol–water partition coefficient (Wildman–Crippen LogP) is 0.759. The summed E-state index contributed by atoms with van der Waals surface area (Å²) in [6.45, 7) is 0.639. The van der Waals surface area contributed by atoms with E-state index in [0.29, 0.717) is 13.0 Å². The van der Waals surface area contributed by atoms with Crippen molar-refractivity contribution in [3.05, 3.63) is 35.1 Å². The van der Waals surface area contributed by atoms with Crippen molar-refractivity contribution in [2.45, 2.75) is 18.6 Å². The number of aliphatic hydroxyl groups is 1. The number of ether oxygens (including phenoxy) is 1. The first-order valence-electron chi connectivity index (χ1n) is 5.00. The van der Waals surface area contributed by atoms with Gasteiger partial charge >= 0.3 is 0 Å². The Balaban J connectivity index is 2.34. The average Bonchev–Trinajstić information content (AvgIpc) is 2.26. The molecule has 1 aliphatic rings. The fraction of sp³-hybridized carbons (Fsp3) is 0.455. The molecular weight excluding hydrogens is 197 g/mol. The van der Waals surface area contributed by atoms with Crippen molar-refractivity contribution in [2.75, 3.05) is 13.2 Å². The summed E-state index contributed by atoms with van der Waals surface area (Å²) in [5.74, 6) is -0.253. The van der Waals surface area contributed by atoms with Gasteiger partial charge in [0.1, 0.15) is 11.9 Å². The highest BCUT2D eigenvalue weighted by molar-refractivity contribution is 5.32. The van der Waals surface area contributed by atoms with Gasteiger partial charge in [-0.2, -0.15) is 0 Å². The van der Waals surface area contributed by atoms with Gasteiger partial charge in [-0.1, -0.05) is 6.07 Å². The van der Waals surface area contributed by atoms with Crippen LogP contribution in [0.2, 0.25) is 0 Å². The number of fused-ring (bicyclic) bond motifs is 1. The highest BCUT2D eigenvalue weighted by Gasteiger charge is 2.26. The van der Waals surface area contributed by atoms with Gasteiger partial charge in [-0.05, 0) is 29.7 Å². The fourth-order valence-corrected chi connectivity index (χ4v) is 1.90. The molecule has 1 aliphatic heterocycles. The van der Waals surface area contributed by atoms with Crippen LogP contribution in [-0.2, 0) is 11.2 Å². The summed E-state index contributed by atoms with van der Waals surface area (Å²) in [7, 11) is 0. The predicted molar refractivity (Wildman–Crippen MR) is 53.9 cm³/mol. The normalized spacial score (nSPS) is 22.2. The molecule has 3 nitrogen and oxygen atoms in total. The van der Waals surface area contributed by atoms with Gasteiger partial charge in [0.2, 0.25) is 0 Å². The maximum atomic E-state index is 13.0. The zero-order chi connectivity index (χ0) is 10.8. The van der Waals surface area contributed by atoms with Crippen LogP contribution >= 0.6 is 0 Å². The summed E-state index contributed by atoms with van der Waals surface area (Å²) in [6, 6.07) is 4.53. The second kappa shape index (κ2) is 4.26. The van der Waals surface area contributed by atoms with Crippen LogP contribution in [0.1, 0.15) is 17.2 Å². The molecule has 1 heterocycles. The maximum Gasteiger partial charge on any atom is 0.123 e. The lowest BCUT2D eigenvalue weighted by Crippen LogP contribution is -2.32. The van der Waals surface area contributed by atoms with Crippen LogP contribution in [-0.4, -0.2) is 24.4 Å². The van der Waals surface area contributed by atoms with Crippen molar-refractivity contribution in [1.29, 1.82) is 0 Å². The van der Waals surface area contributed by atoms with Crippen LogP contribution in [0.5, 0.6) is 0 Å². The third-order valence-corrected chi connectivity index (χ3v) is 2.67. The van der Waals surface area contributed by atoms with Crippen molar-refractivity contribution in [3.8, 4) is 0 Å². The van der Waals surface area contributed by atoms with Gasteiger partial charge in [0, 0.05) is 6.54 Å². The monoisotopic (exact) mass is 211 g/mol. The number of nitrogens with two attached hydrogens (primary N) is 1. The third-order valence-electron chi connectivity index (χ3n) is 2.67. The molecule has 0 amide bonds. The van der Waals surface area contributed by atoms with Crippen molar-refractivity contribution < 1.29 is 14.2 Å². The molecule has 2 rings (SSSR count). The van der Waals surface area contributed by atoms with Crippen LogP contribution < -0.4 is 5.73 Å². The summed E-state index contributed by atoms with van der Waals surface area (Å²) < 4.78 is 18.4. The largest absolute Gasteiger partial charge is 0.389 e. The van der Waals surface area contributed by atoms with Crippen LogP contribution in [0.3, 0.4) is 0 Å². The van der Waals surface area contributed by atoms with E-state index >= 15 is 0 Å². The van der Waals surface area contributed by atoms with Gasteiger partial charge < -0.3 is 15.6 Å². The highest BCUT2D eigenvalue weighted by atomic mass is 19.1. The van der Waals surface area contributed by atoms with Gasteiger partial charge in [-0.25, -0.2) is 4.39 Å². The highest BCUT2D eigenvalue weighted by Crippen LogP contribution is 2.29. The Kier molecular flexibility index (Phi) is 3.00. The summed E-state index contributed by atoms with van der Waals surface area (Å²) in [5.41, 5.74) is 7.14. The maximum absolute atomic E-state index is 13.0. The molecule has 0 aliphatic carbocycles. The van der Waals surface area contributed by atoms with E-state index in [1.165, 1.54) is 12.1 Å². The lowest BCUT2D eigenvalue weighted by molar-refractivity contribution is -0.0424. The molecule has 0 radical (unpaired) electrons. The number of halogens is 1. The van der Waals surface area contributed by atoms with Gasteiger partial charge in [0.15, 0.2) is 0 Å². The van der Waals surface area contributed by atoms with Crippen LogP contribution in [0, 0.1) is 5.82 Å². The topological polar surface area (TPSA) is 55.5 Å². The Morgan fingerprint density at radius 2 is 2.40 bits per heavy atom. The Hall–Kier alpha value is -0.970. The number of aliphatic hydroxyl groups excluding tert-OH is 1. The van der Waals surface area contributed by atoms with Gasteiger partial charge in [-0.15, -0.1) is 0 Å². The number of hydrogen-bond acceptors (Lipinski definition) is 3. The van der Waals surface area contributed by atoms with Crippen molar-refractivity contribution in [1.82, 2.24) is 0 Å². The quantitative estimate of drug-likeness (QED) is 0.759. The van der Waals surface area contributed by atoms with Crippen molar-refractivity contribution in [2.24, 2.45) is 5.73 Å². The molecule has 15 heavy (non-hydrogen) atoms. The molecule has 0 saturated heterocycles. The van der Waals surface area contributed by atoms with Crippen LogP contribution in [0.15, 0.2) is 18.2 Å². The summed E-state index contributed by atoms with van der Waals surface area (Å²) in [4.78, 5) is 0. The van der Waals surface area contributed by atoms with E-state index in [-0.39, 0.29) is 12.4 Å². The van der Waals surface area contributed by atoms with E-state index in [1.807, 2.05) is 0 Å². The van der Waals surface area contributed by atoms with E-state index in [4.69, 9.17) is 10.5 Å². The Morgan fingerprint density at radius 1 is 1.60 bits per heavy atom. The Morgan fingerprint density at radius 3 is 3.13 bits per heavy atom. The van der Waals surface area contributed by atoms with E-state index in [2.05, 4.69) is 0 Å². The van der Waals surface area contributed by atoms with Crippen molar-refractivity contribution in [3.63, 3.8) is 0 Å². The second-order valence-corrected chi connectivity index (χ2v) is 3.69. The van der Waals surface area contributed by atoms with E-state index in [1.54, 1.807) is 6.07 Å². The smallest absolute Gasteiger partial charge is 0.123 e. The van der Waals surface area contributed by atoms with Crippen LogP contribution in [0.25, 0.3) is 0 Å². The summed E-state index contributed by atoms with van der Waals surface area (Å²) >= 11 is 0. The third kappa shape index (κ3) is 2.02. The number of benzene rings is 1. The molecule has 0 fully saturated rings. The molecule has 2 atom stereocenters. The molecule has 4 heteroatoms. The molecular formula is C11H14FNO2. The van der Waals surface area contributed by atoms with Crippen molar-refractivity contribution >= 4 is 0 Å². The first-order chi connectivity index (χ1) is 7.22. The fourth-order valence-electron chi connectivity index (χ4n) is 1.90. The molecule has 82 valence electrons. The van der Waals surface area contributed by atoms with Gasteiger partial charge in [0.05, 0.1) is 12.7 Å². The Labute approximate surface area is 87.7 Å². The zero-order valence-electron chi connectivity index (χ0n) is 8.32. The molecule has 1 unspecified atom stereocenters. The second-order valence-electron chi connectivity index (χ2n) is 3.69. The van der Waals surface area contributed by atoms with Gasteiger partial charge in [0.25, 0.3) is 0 Å². The lowest BCUT2D eigenvalue weighted by atomic mass is 9.94. The molecule has 0 saturated carbocycles. The number of rotatable bonds is 2. The Bertz CT molecular complexity index is 356. The summed E-state index contributed by atoms with van der Waals surface area (Å²) in [5, 5.41) is 9.66. The molecule has 1 aromatic carbocycles. The minimum atomic E-state index is -0.727. The lowest BCUT2D eigenvalue weighted by Gasteiger charge is -2.29. The minimum Gasteiger partial charge on any atom is -0.389 e. The van der Waals surface area contributed by atoms with E-state index in [9.17, 15) is 9.50 Å². The minimum absolute atomic E-state index is 0.140.